The van der Waals surface area contributed by atoms with E-state index in [1.165, 1.54) is 5.56 Å². The van der Waals surface area contributed by atoms with Crippen molar-refractivity contribution < 1.29 is 14.3 Å². The maximum Gasteiger partial charge on any atom is 0.172 e. The maximum atomic E-state index is 11.0. The summed E-state index contributed by atoms with van der Waals surface area (Å²) < 4.78 is 10.9. The van der Waals surface area contributed by atoms with Gasteiger partial charge < -0.3 is 9.47 Å². The molecule has 0 spiro atoms. The molecule has 0 saturated heterocycles. The molecule has 19 heavy (non-hydrogen) atoms. The first-order chi connectivity index (χ1) is 9.24. The molecule has 0 atom stereocenters. The molecule has 0 saturated carbocycles. The first-order valence-electron chi connectivity index (χ1n) is 6.05. The number of carbonyl (C=O) groups excluding carboxylic acids is 1. The second-order valence-corrected chi connectivity index (χ2v) is 4.27. The lowest BCUT2D eigenvalue weighted by molar-refractivity contribution is 0.111. The lowest BCUT2D eigenvalue weighted by Gasteiger charge is -2.12. The van der Waals surface area contributed by atoms with E-state index < -0.39 is 0 Å². The van der Waals surface area contributed by atoms with Crippen molar-refractivity contribution >= 4 is 6.29 Å². The standard InChI is InChI=1S/C16H16O3/c1-12-6-8-13(9-7-12)11-19-16-14(10-17)4-3-5-15(16)18-2/h3-10H,11H2,1-2H3. The van der Waals surface area contributed by atoms with Crippen LogP contribution in [0.3, 0.4) is 0 Å². The van der Waals surface area contributed by atoms with Gasteiger partial charge in [-0.1, -0.05) is 35.9 Å². The highest BCUT2D eigenvalue weighted by Gasteiger charge is 2.09. The van der Waals surface area contributed by atoms with Crippen LogP contribution in [-0.4, -0.2) is 13.4 Å². The number of aryl methyl sites for hydroxylation is 1. The number of ether oxygens (including phenoxy) is 2. The summed E-state index contributed by atoms with van der Waals surface area (Å²) in [6.07, 6.45) is 0.771. The minimum absolute atomic E-state index is 0.404. The quantitative estimate of drug-likeness (QED) is 0.769. The molecule has 0 N–H and O–H groups in total. The highest BCUT2D eigenvalue weighted by Crippen LogP contribution is 2.30. The van der Waals surface area contributed by atoms with Gasteiger partial charge in [-0.15, -0.1) is 0 Å². The Balaban J connectivity index is 2.18. The summed E-state index contributed by atoms with van der Waals surface area (Å²) in [6.45, 7) is 2.44. The Morgan fingerprint density at radius 3 is 2.47 bits per heavy atom. The number of hydrogen-bond donors (Lipinski definition) is 0. The third kappa shape index (κ3) is 3.13. The molecule has 0 bridgehead atoms. The molecule has 0 radical (unpaired) electrons. The molecular formula is C16H16O3. The van der Waals surface area contributed by atoms with Crippen LogP contribution in [0.5, 0.6) is 11.5 Å². The van der Waals surface area contributed by atoms with Crippen molar-refractivity contribution in [3.05, 3.63) is 59.2 Å². The van der Waals surface area contributed by atoms with Crippen molar-refractivity contribution in [2.45, 2.75) is 13.5 Å². The molecule has 0 heterocycles. The van der Waals surface area contributed by atoms with Gasteiger partial charge in [-0.2, -0.15) is 0 Å². The number of benzene rings is 2. The molecule has 0 aliphatic heterocycles. The Bertz CT molecular complexity index is 559. The van der Waals surface area contributed by atoms with Crippen molar-refractivity contribution in [2.24, 2.45) is 0 Å². The summed E-state index contributed by atoms with van der Waals surface area (Å²) in [5, 5.41) is 0. The van der Waals surface area contributed by atoms with Gasteiger partial charge in [0.15, 0.2) is 17.8 Å². The van der Waals surface area contributed by atoms with Gasteiger partial charge in [0, 0.05) is 0 Å². The van der Waals surface area contributed by atoms with E-state index in [0.29, 0.717) is 23.7 Å². The number of aldehydes is 1. The molecule has 0 fully saturated rings. The minimum Gasteiger partial charge on any atom is -0.493 e. The van der Waals surface area contributed by atoms with Gasteiger partial charge in [0.25, 0.3) is 0 Å². The predicted molar refractivity (Wildman–Crippen MR) is 73.9 cm³/mol. The van der Waals surface area contributed by atoms with E-state index in [0.717, 1.165) is 11.8 Å². The highest BCUT2D eigenvalue weighted by atomic mass is 16.5. The molecule has 0 amide bonds. The summed E-state index contributed by atoms with van der Waals surface area (Å²) >= 11 is 0. The van der Waals surface area contributed by atoms with Gasteiger partial charge in [-0.05, 0) is 24.6 Å². The summed E-state index contributed by atoms with van der Waals surface area (Å²) in [5.41, 5.74) is 2.74. The second-order valence-electron chi connectivity index (χ2n) is 4.27. The highest BCUT2D eigenvalue weighted by molar-refractivity contribution is 5.81. The summed E-state index contributed by atoms with van der Waals surface area (Å²) in [5.74, 6) is 1.05. The van der Waals surface area contributed by atoms with Gasteiger partial charge in [0.2, 0.25) is 0 Å². The van der Waals surface area contributed by atoms with Crippen LogP contribution in [0, 0.1) is 6.92 Å². The average molecular weight is 256 g/mol. The topological polar surface area (TPSA) is 35.5 Å². The van der Waals surface area contributed by atoms with Crippen molar-refractivity contribution in [1.29, 1.82) is 0 Å². The monoisotopic (exact) mass is 256 g/mol. The first kappa shape index (κ1) is 13.1. The minimum atomic E-state index is 0.404. The second kappa shape index (κ2) is 6.05. The van der Waals surface area contributed by atoms with Crippen molar-refractivity contribution in [3.8, 4) is 11.5 Å². The van der Waals surface area contributed by atoms with Crippen molar-refractivity contribution in [2.75, 3.05) is 7.11 Å². The largest absolute Gasteiger partial charge is 0.493 e. The van der Waals surface area contributed by atoms with Crippen LogP contribution in [0.25, 0.3) is 0 Å². The molecule has 2 rings (SSSR count). The molecule has 0 unspecified atom stereocenters. The average Bonchev–Trinajstić information content (AvgIpc) is 2.46. The first-order valence-corrected chi connectivity index (χ1v) is 6.05. The predicted octanol–water partition coefficient (Wildman–Crippen LogP) is 3.40. The lowest BCUT2D eigenvalue weighted by atomic mass is 10.1. The number of hydrogen-bond acceptors (Lipinski definition) is 3. The number of rotatable bonds is 5. The van der Waals surface area contributed by atoms with Crippen LogP contribution < -0.4 is 9.47 Å². The smallest absolute Gasteiger partial charge is 0.172 e. The fourth-order valence-corrected chi connectivity index (χ4v) is 1.78. The van der Waals surface area contributed by atoms with E-state index in [2.05, 4.69) is 0 Å². The van der Waals surface area contributed by atoms with E-state index in [9.17, 15) is 4.79 Å². The molecule has 3 nitrogen and oxygen atoms in total. The van der Waals surface area contributed by atoms with E-state index >= 15 is 0 Å². The Morgan fingerprint density at radius 1 is 1.11 bits per heavy atom. The molecule has 2 aromatic carbocycles. The van der Waals surface area contributed by atoms with Gasteiger partial charge in [-0.3, -0.25) is 4.79 Å². The Kier molecular flexibility index (Phi) is 4.18. The zero-order chi connectivity index (χ0) is 13.7. The Hall–Kier alpha value is -2.29. The van der Waals surface area contributed by atoms with Gasteiger partial charge >= 0.3 is 0 Å². The normalized spacial score (nSPS) is 10.0. The molecule has 0 aromatic heterocycles. The zero-order valence-electron chi connectivity index (χ0n) is 11.1. The van der Waals surface area contributed by atoms with Gasteiger partial charge in [-0.25, -0.2) is 0 Å². The fraction of sp³-hybridized carbons (Fsp3) is 0.188. The molecule has 3 heteroatoms. The summed E-state index contributed by atoms with van der Waals surface area (Å²) in [4.78, 5) is 11.0. The third-order valence-electron chi connectivity index (χ3n) is 2.86. The van der Waals surface area contributed by atoms with Crippen LogP contribution in [0.4, 0.5) is 0 Å². The lowest BCUT2D eigenvalue weighted by Crippen LogP contribution is -2.00. The Morgan fingerprint density at radius 2 is 1.84 bits per heavy atom. The molecule has 0 aliphatic carbocycles. The summed E-state index contributed by atoms with van der Waals surface area (Å²) in [7, 11) is 1.56. The van der Waals surface area contributed by atoms with E-state index in [1.807, 2.05) is 31.2 Å². The van der Waals surface area contributed by atoms with Crippen LogP contribution in [0.15, 0.2) is 42.5 Å². The van der Waals surface area contributed by atoms with Crippen molar-refractivity contribution in [3.63, 3.8) is 0 Å². The fourth-order valence-electron chi connectivity index (χ4n) is 1.78. The number of methoxy groups -OCH3 is 1. The van der Waals surface area contributed by atoms with Gasteiger partial charge in [0.1, 0.15) is 6.61 Å². The van der Waals surface area contributed by atoms with Crippen LogP contribution in [0.1, 0.15) is 21.5 Å². The molecule has 0 aliphatic rings. The molecular weight excluding hydrogens is 240 g/mol. The molecule has 98 valence electrons. The Labute approximate surface area is 112 Å². The van der Waals surface area contributed by atoms with Crippen LogP contribution >= 0.6 is 0 Å². The van der Waals surface area contributed by atoms with Gasteiger partial charge in [0.05, 0.1) is 12.7 Å². The van der Waals surface area contributed by atoms with Crippen molar-refractivity contribution in [1.82, 2.24) is 0 Å². The number of para-hydroxylation sites is 1. The maximum absolute atomic E-state index is 11.0. The van der Waals surface area contributed by atoms with E-state index in [1.54, 1.807) is 25.3 Å². The van der Waals surface area contributed by atoms with E-state index in [4.69, 9.17) is 9.47 Å². The van der Waals surface area contributed by atoms with Crippen LogP contribution in [0.2, 0.25) is 0 Å². The third-order valence-corrected chi connectivity index (χ3v) is 2.86. The number of carbonyl (C=O) groups is 1. The van der Waals surface area contributed by atoms with Crippen LogP contribution in [-0.2, 0) is 6.61 Å². The zero-order valence-corrected chi connectivity index (χ0v) is 11.1. The summed E-state index contributed by atoms with van der Waals surface area (Å²) in [6, 6.07) is 13.3. The SMILES string of the molecule is COc1cccc(C=O)c1OCc1ccc(C)cc1. The van der Waals surface area contributed by atoms with E-state index in [-0.39, 0.29) is 0 Å². The molecule has 2 aromatic rings.